The van der Waals surface area contributed by atoms with Crippen LogP contribution in [-0.2, 0) is 12.8 Å². The van der Waals surface area contributed by atoms with Gasteiger partial charge >= 0.3 is 0 Å². The highest BCUT2D eigenvalue weighted by Gasteiger charge is 2.24. The van der Waals surface area contributed by atoms with Crippen molar-refractivity contribution in [3.05, 3.63) is 34.9 Å². The molecule has 104 valence electrons. The number of benzene rings is 1. The molecule has 1 aliphatic heterocycles. The zero-order valence-electron chi connectivity index (χ0n) is 12.0. The smallest absolute Gasteiger partial charge is 0.0347 e. The summed E-state index contributed by atoms with van der Waals surface area (Å²) >= 11 is 0. The number of piperidine rings is 1. The Labute approximate surface area is 117 Å². The summed E-state index contributed by atoms with van der Waals surface area (Å²) in [5, 5.41) is 7.03. The van der Waals surface area contributed by atoms with Gasteiger partial charge in [0.25, 0.3) is 0 Å². The van der Waals surface area contributed by atoms with Crippen LogP contribution in [-0.4, -0.2) is 20.1 Å². The highest BCUT2D eigenvalue weighted by molar-refractivity contribution is 5.35. The maximum atomic E-state index is 3.57. The normalized spacial score (nSPS) is 21.9. The minimum Gasteiger partial charge on any atom is -0.317 e. The minimum atomic E-state index is 0.536. The van der Waals surface area contributed by atoms with E-state index in [-0.39, 0.29) is 0 Å². The second-order valence-electron chi connectivity index (χ2n) is 6.09. The van der Waals surface area contributed by atoms with Crippen LogP contribution in [0.4, 0.5) is 0 Å². The van der Waals surface area contributed by atoms with E-state index in [1.807, 2.05) is 0 Å². The van der Waals surface area contributed by atoms with Gasteiger partial charge in [-0.05, 0) is 81.3 Å². The van der Waals surface area contributed by atoms with Crippen molar-refractivity contribution in [3.8, 4) is 0 Å². The average Bonchev–Trinajstić information content (AvgIpc) is 2.49. The summed E-state index contributed by atoms with van der Waals surface area (Å²) in [5.74, 6) is 0.785. The van der Waals surface area contributed by atoms with Crippen molar-refractivity contribution in [2.75, 3.05) is 20.1 Å². The molecule has 1 aromatic carbocycles. The molecular formula is C17H26N2. The van der Waals surface area contributed by atoms with E-state index in [9.17, 15) is 0 Å². The Morgan fingerprint density at radius 3 is 2.58 bits per heavy atom. The molecule has 2 heteroatoms. The lowest BCUT2D eigenvalue weighted by Crippen LogP contribution is -2.35. The summed E-state index contributed by atoms with van der Waals surface area (Å²) in [6, 6.07) is 7.77. The Kier molecular flexibility index (Phi) is 4.19. The van der Waals surface area contributed by atoms with E-state index in [0.717, 1.165) is 5.92 Å². The predicted octanol–water partition coefficient (Wildman–Crippen LogP) is 2.83. The Morgan fingerprint density at radius 2 is 1.84 bits per heavy atom. The first-order chi connectivity index (χ1) is 9.38. The summed E-state index contributed by atoms with van der Waals surface area (Å²) in [7, 11) is 2.12. The second-order valence-corrected chi connectivity index (χ2v) is 6.09. The molecule has 1 saturated heterocycles. The number of hydrogen-bond donors (Lipinski definition) is 2. The van der Waals surface area contributed by atoms with Crippen LogP contribution in [0.5, 0.6) is 0 Å². The largest absolute Gasteiger partial charge is 0.317 e. The summed E-state index contributed by atoms with van der Waals surface area (Å²) in [5.41, 5.74) is 4.71. The SMILES string of the molecule is CNC(c1ccc2c(c1)CCCC2)C1CCNCC1. The summed E-state index contributed by atoms with van der Waals surface area (Å²) < 4.78 is 0. The van der Waals surface area contributed by atoms with Gasteiger partial charge in [0.05, 0.1) is 0 Å². The lowest BCUT2D eigenvalue weighted by Gasteiger charge is -2.31. The van der Waals surface area contributed by atoms with Crippen molar-refractivity contribution in [1.29, 1.82) is 0 Å². The summed E-state index contributed by atoms with van der Waals surface area (Å²) in [4.78, 5) is 0. The number of nitrogens with one attached hydrogen (secondary N) is 2. The van der Waals surface area contributed by atoms with Gasteiger partial charge in [-0.2, -0.15) is 0 Å². The Morgan fingerprint density at radius 1 is 1.11 bits per heavy atom. The zero-order valence-corrected chi connectivity index (χ0v) is 12.0. The fourth-order valence-corrected chi connectivity index (χ4v) is 3.80. The number of fused-ring (bicyclic) bond motifs is 1. The van der Waals surface area contributed by atoms with Crippen LogP contribution < -0.4 is 10.6 Å². The number of hydrogen-bond acceptors (Lipinski definition) is 2. The van der Waals surface area contributed by atoms with Gasteiger partial charge in [-0.1, -0.05) is 18.2 Å². The van der Waals surface area contributed by atoms with Gasteiger partial charge in [0.15, 0.2) is 0 Å². The molecule has 1 unspecified atom stereocenters. The number of aryl methyl sites for hydroxylation is 2. The fraction of sp³-hybridized carbons (Fsp3) is 0.647. The third-order valence-corrected chi connectivity index (χ3v) is 4.90. The third-order valence-electron chi connectivity index (χ3n) is 4.90. The first-order valence-electron chi connectivity index (χ1n) is 7.88. The molecule has 0 radical (unpaired) electrons. The summed E-state index contributed by atoms with van der Waals surface area (Å²) in [6.07, 6.45) is 7.90. The molecule has 1 aromatic rings. The molecule has 1 heterocycles. The summed E-state index contributed by atoms with van der Waals surface area (Å²) in [6.45, 7) is 2.35. The second kappa shape index (κ2) is 6.06. The molecule has 1 aliphatic carbocycles. The van der Waals surface area contributed by atoms with Crippen molar-refractivity contribution < 1.29 is 0 Å². The van der Waals surface area contributed by atoms with Gasteiger partial charge in [-0.15, -0.1) is 0 Å². The van der Waals surface area contributed by atoms with Crippen LogP contribution in [0.1, 0.15) is 48.4 Å². The van der Waals surface area contributed by atoms with E-state index in [1.165, 1.54) is 57.2 Å². The van der Waals surface area contributed by atoms with Gasteiger partial charge in [0.1, 0.15) is 0 Å². The highest BCUT2D eigenvalue weighted by Crippen LogP contribution is 2.31. The van der Waals surface area contributed by atoms with E-state index >= 15 is 0 Å². The zero-order chi connectivity index (χ0) is 13.1. The molecule has 3 rings (SSSR count). The van der Waals surface area contributed by atoms with Gasteiger partial charge in [0.2, 0.25) is 0 Å². The molecule has 0 amide bonds. The maximum Gasteiger partial charge on any atom is 0.0347 e. The lowest BCUT2D eigenvalue weighted by atomic mass is 9.83. The molecule has 2 nitrogen and oxygen atoms in total. The number of rotatable bonds is 3. The third kappa shape index (κ3) is 2.85. The van der Waals surface area contributed by atoms with Crippen LogP contribution in [0.2, 0.25) is 0 Å². The quantitative estimate of drug-likeness (QED) is 0.871. The van der Waals surface area contributed by atoms with Gasteiger partial charge in [0, 0.05) is 6.04 Å². The van der Waals surface area contributed by atoms with Crippen LogP contribution in [0, 0.1) is 5.92 Å². The monoisotopic (exact) mass is 258 g/mol. The first kappa shape index (κ1) is 13.1. The van der Waals surface area contributed by atoms with Crippen molar-refractivity contribution in [2.45, 2.75) is 44.6 Å². The van der Waals surface area contributed by atoms with Crippen molar-refractivity contribution in [2.24, 2.45) is 5.92 Å². The molecule has 1 atom stereocenters. The van der Waals surface area contributed by atoms with E-state index < -0.39 is 0 Å². The highest BCUT2D eigenvalue weighted by atomic mass is 14.9. The first-order valence-corrected chi connectivity index (χ1v) is 7.88. The van der Waals surface area contributed by atoms with Crippen LogP contribution >= 0.6 is 0 Å². The Bertz CT molecular complexity index is 421. The van der Waals surface area contributed by atoms with E-state index in [1.54, 1.807) is 11.1 Å². The van der Waals surface area contributed by atoms with Crippen molar-refractivity contribution >= 4 is 0 Å². The minimum absolute atomic E-state index is 0.536. The topological polar surface area (TPSA) is 24.1 Å². The predicted molar refractivity (Wildman–Crippen MR) is 80.5 cm³/mol. The van der Waals surface area contributed by atoms with E-state index in [4.69, 9.17) is 0 Å². The molecule has 19 heavy (non-hydrogen) atoms. The van der Waals surface area contributed by atoms with Gasteiger partial charge in [-0.3, -0.25) is 0 Å². The van der Waals surface area contributed by atoms with E-state index in [2.05, 4.69) is 35.9 Å². The van der Waals surface area contributed by atoms with Gasteiger partial charge in [-0.25, -0.2) is 0 Å². The molecule has 1 fully saturated rings. The molecule has 0 spiro atoms. The van der Waals surface area contributed by atoms with Gasteiger partial charge < -0.3 is 10.6 Å². The standard InChI is InChI=1S/C17H26N2/c1-18-17(14-8-10-19-11-9-14)16-7-6-13-4-2-3-5-15(13)12-16/h6-7,12,14,17-19H,2-5,8-11H2,1H3. The Hall–Kier alpha value is -0.860. The molecular weight excluding hydrogens is 232 g/mol. The van der Waals surface area contributed by atoms with Crippen LogP contribution in [0.25, 0.3) is 0 Å². The van der Waals surface area contributed by atoms with E-state index in [0.29, 0.717) is 6.04 Å². The molecule has 2 N–H and O–H groups in total. The molecule has 0 bridgehead atoms. The van der Waals surface area contributed by atoms with Crippen LogP contribution in [0.15, 0.2) is 18.2 Å². The molecule has 0 saturated carbocycles. The maximum absolute atomic E-state index is 3.57. The Balaban J connectivity index is 1.82. The average molecular weight is 258 g/mol. The lowest BCUT2D eigenvalue weighted by molar-refractivity contribution is 0.294. The van der Waals surface area contributed by atoms with Crippen molar-refractivity contribution in [1.82, 2.24) is 10.6 Å². The van der Waals surface area contributed by atoms with Crippen LogP contribution in [0.3, 0.4) is 0 Å². The fourth-order valence-electron chi connectivity index (χ4n) is 3.80. The molecule has 2 aliphatic rings. The molecule has 0 aromatic heterocycles. The van der Waals surface area contributed by atoms with Crippen molar-refractivity contribution in [3.63, 3.8) is 0 Å².